The number of ether oxygens (including phenoxy) is 1. The number of aromatic nitrogens is 2. The van der Waals surface area contributed by atoms with Crippen LogP contribution in [0.15, 0.2) is 48.5 Å². The number of phenolic OH excluding ortho intramolecular Hbond substituents is 1. The number of nitrogens with one attached hydrogen (secondary N) is 1. The number of nitrogens with zero attached hydrogens (tertiary/aromatic N) is 2. The van der Waals surface area contributed by atoms with E-state index < -0.39 is 0 Å². The van der Waals surface area contributed by atoms with E-state index in [1.807, 2.05) is 0 Å². The quantitative estimate of drug-likeness (QED) is 0.641. The van der Waals surface area contributed by atoms with Crippen LogP contribution >= 0.6 is 0 Å². The summed E-state index contributed by atoms with van der Waals surface area (Å²) in [6.45, 7) is 1.06. The van der Waals surface area contributed by atoms with Crippen LogP contribution in [0.25, 0.3) is 11.3 Å². The number of hydrogen-bond acceptors (Lipinski definition) is 4. The Labute approximate surface area is 161 Å². The van der Waals surface area contributed by atoms with Gasteiger partial charge < -0.3 is 14.7 Å². The number of aromatic amines is 1. The van der Waals surface area contributed by atoms with Crippen LogP contribution in [0, 0.1) is 5.82 Å². The molecule has 0 bridgehead atoms. The van der Waals surface area contributed by atoms with E-state index in [0.29, 0.717) is 31.0 Å². The zero-order valence-electron chi connectivity index (χ0n) is 15.4. The van der Waals surface area contributed by atoms with E-state index in [1.165, 1.54) is 12.1 Å². The van der Waals surface area contributed by atoms with Gasteiger partial charge in [-0.3, -0.25) is 9.89 Å². The largest absolute Gasteiger partial charge is 0.508 e. The zero-order chi connectivity index (χ0) is 19.7. The fourth-order valence-electron chi connectivity index (χ4n) is 3.64. The second kappa shape index (κ2) is 7.44. The minimum atomic E-state index is -0.348. The number of carbonyl (C=O) groups excluding carboxylic acids is 1. The summed E-state index contributed by atoms with van der Waals surface area (Å²) in [5, 5.41) is 16.9. The standard InChI is InChI=1S/C21H20FN3O3/c1-28-12-2-11-25-20(14-5-9-16(26)10-6-14)17-18(23-24-19(17)21(25)27)13-3-7-15(22)8-4-13/h3-10,20,26H,2,11-12H2,1H3,(H,23,24). The summed E-state index contributed by atoms with van der Waals surface area (Å²) in [6.07, 6.45) is 0.695. The Bertz CT molecular complexity index is 983. The number of phenols is 1. The molecule has 6 nitrogen and oxygen atoms in total. The summed E-state index contributed by atoms with van der Waals surface area (Å²) in [7, 11) is 1.63. The minimum Gasteiger partial charge on any atom is -0.508 e. The number of H-pyrrole nitrogens is 1. The number of halogens is 1. The van der Waals surface area contributed by atoms with Crippen LogP contribution in [0.5, 0.6) is 5.75 Å². The molecule has 4 rings (SSSR count). The van der Waals surface area contributed by atoms with Gasteiger partial charge in [0.25, 0.3) is 5.91 Å². The molecule has 1 atom stereocenters. The lowest BCUT2D eigenvalue weighted by molar-refractivity contribution is 0.0723. The van der Waals surface area contributed by atoms with Crippen molar-refractivity contribution in [3.05, 3.63) is 71.2 Å². The summed E-state index contributed by atoms with van der Waals surface area (Å²) < 4.78 is 18.5. The van der Waals surface area contributed by atoms with Crippen molar-refractivity contribution in [1.29, 1.82) is 0 Å². The summed E-state index contributed by atoms with van der Waals surface area (Å²) in [6, 6.07) is 12.5. The van der Waals surface area contributed by atoms with Crippen molar-refractivity contribution in [2.24, 2.45) is 0 Å². The van der Waals surface area contributed by atoms with Crippen LogP contribution in [0.3, 0.4) is 0 Å². The minimum absolute atomic E-state index is 0.134. The topological polar surface area (TPSA) is 78.5 Å². The van der Waals surface area contributed by atoms with Crippen molar-refractivity contribution >= 4 is 5.91 Å². The van der Waals surface area contributed by atoms with Gasteiger partial charge >= 0.3 is 0 Å². The van der Waals surface area contributed by atoms with Crippen molar-refractivity contribution in [2.45, 2.75) is 12.5 Å². The van der Waals surface area contributed by atoms with Crippen LogP contribution in [0.2, 0.25) is 0 Å². The van der Waals surface area contributed by atoms with E-state index in [1.54, 1.807) is 48.4 Å². The SMILES string of the molecule is COCCCN1C(=O)c2[nH]nc(-c3ccc(F)cc3)c2C1c1ccc(O)cc1. The molecule has 0 saturated heterocycles. The van der Waals surface area contributed by atoms with E-state index in [4.69, 9.17) is 4.74 Å². The third-order valence-electron chi connectivity index (χ3n) is 4.94. The highest BCUT2D eigenvalue weighted by molar-refractivity contribution is 6.00. The zero-order valence-corrected chi connectivity index (χ0v) is 15.4. The summed E-state index contributed by atoms with van der Waals surface area (Å²) in [4.78, 5) is 14.8. The van der Waals surface area contributed by atoms with Crippen molar-refractivity contribution in [3.8, 4) is 17.0 Å². The molecule has 28 heavy (non-hydrogen) atoms. The average molecular weight is 381 g/mol. The first kappa shape index (κ1) is 18.2. The maximum absolute atomic E-state index is 13.4. The number of carbonyl (C=O) groups is 1. The maximum atomic E-state index is 13.4. The van der Waals surface area contributed by atoms with Gasteiger partial charge in [0, 0.05) is 31.4 Å². The molecule has 1 unspecified atom stereocenters. The lowest BCUT2D eigenvalue weighted by Crippen LogP contribution is -2.31. The Morgan fingerprint density at radius 2 is 1.89 bits per heavy atom. The normalized spacial score (nSPS) is 15.9. The molecule has 0 radical (unpaired) electrons. The second-order valence-electron chi connectivity index (χ2n) is 6.71. The molecule has 0 spiro atoms. The molecule has 2 N–H and O–H groups in total. The number of benzene rings is 2. The number of methoxy groups -OCH3 is 1. The predicted molar refractivity (Wildman–Crippen MR) is 101 cm³/mol. The molecule has 2 heterocycles. The van der Waals surface area contributed by atoms with Crippen molar-refractivity contribution in [1.82, 2.24) is 15.1 Å². The Morgan fingerprint density at radius 3 is 2.57 bits per heavy atom. The Hall–Kier alpha value is -3.19. The molecule has 1 aromatic heterocycles. The molecule has 2 aromatic carbocycles. The molecule has 3 aromatic rings. The number of aromatic hydroxyl groups is 1. The van der Waals surface area contributed by atoms with E-state index in [9.17, 15) is 14.3 Å². The van der Waals surface area contributed by atoms with E-state index in [-0.39, 0.29) is 23.5 Å². The fourth-order valence-corrected chi connectivity index (χ4v) is 3.64. The molecule has 7 heteroatoms. The maximum Gasteiger partial charge on any atom is 0.273 e. The van der Waals surface area contributed by atoms with Gasteiger partial charge in [-0.1, -0.05) is 12.1 Å². The number of fused-ring (bicyclic) bond motifs is 1. The first-order chi connectivity index (χ1) is 13.6. The van der Waals surface area contributed by atoms with E-state index in [2.05, 4.69) is 10.2 Å². The third-order valence-corrected chi connectivity index (χ3v) is 4.94. The Balaban J connectivity index is 1.80. The lowest BCUT2D eigenvalue weighted by atomic mass is 9.96. The van der Waals surface area contributed by atoms with Crippen molar-refractivity contribution in [3.63, 3.8) is 0 Å². The first-order valence-corrected chi connectivity index (χ1v) is 9.03. The molecule has 1 aliphatic heterocycles. The summed E-state index contributed by atoms with van der Waals surface area (Å²) >= 11 is 0. The van der Waals surface area contributed by atoms with Crippen molar-refractivity contribution in [2.75, 3.05) is 20.3 Å². The molecule has 1 aliphatic rings. The molecule has 0 saturated carbocycles. The van der Waals surface area contributed by atoms with Gasteiger partial charge in [-0.25, -0.2) is 4.39 Å². The van der Waals surface area contributed by atoms with Crippen LogP contribution in [-0.4, -0.2) is 46.4 Å². The molecule has 1 amide bonds. The molecule has 0 aliphatic carbocycles. The highest BCUT2D eigenvalue weighted by Crippen LogP contribution is 2.43. The highest BCUT2D eigenvalue weighted by Gasteiger charge is 2.41. The van der Waals surface area contributed by atoms with E-state index >= 15 is 0 Å². The smallest absolute Gasteiger partial charge is 0.273 e. The third kappa shape index (κ3) is 3.14. The second-order valence-corrected chi connectivity index (χ2v) is 6.71. The van der Waals surface area contributed by atoms with Gasteiger partial charge in [-0.15, -0.1) is 0 Å². The van der Waals surface area contributed by atoms with Gasteiger partial charge in [-0.05, 0) is 48.4 Å². The number of amides is 1. The molecular formula is C21H20FN3O3. The number of hydrogen-bond donors (Lipinski definition) is 2. The monoisotopic (exact) mass is 381 g/mol. The van der Waals surface area contributed by atoms with E-state index in [0.717, 1.165) is 16.7 Å². The van der Waals surface area contributed by atoms with Crippen LogP contribution in [-0.2, 0) is 4.74 Å². The van der Waals surface area contributed by atoms with Gasteiger partial charge in [0.1, 0.15) is 17.3 Å². The van der Waals surface area contributed by atoms with Crippen molar-refractivity contribution < 1.29 is 19.0 Å². The van der Waals surface area contributed by atoms with Gasteiger partial charge in [-0.2, -0.15) is 5.10 Å². The van der Waals surface area contributed by atoms with Crippen LogP contribution < -0.4 is 0 Å². The van der Waals surface area contributed by atoms with Crippen LogP contribution in [0.4, 0.5) is 4.39 Å². The summed E-state index contributed by atoms with van der Waals surface area (Å²) in [5.41, 5.74) is 3.42. The van der Waals surface area contributed by atoms with Gasteiger partial charge in [0.15, 0.2) is 0 Å². The predicted octanol–water partition coefficient (Wildman–Crippen LogP) is 3.50. The van der Waals surface area contributed by atoms with Gasteiger partial charge in [0.2, 0.25) is 0 Å². The molecular weight excluding hydrogens is 361 g/mol. The Kier molecular flexibility index (Phi) is 4.83. The highest BCUT2D eigenvalue weighted by atomic mass is 19.1. The van der Waals surface area contributed by atoms with Gasteiger partial charge in [0.05, 0.1) is 11.7 Å². The number of rotatable bonds is 6. The Morgan fingerprint density at radius 1 is 1.18 bits per heavy atom. The molecule has 0 fully saturated rings. The van der Waals surface area contributed by atoms with Crippen LogP contribution in [0.1, 0.15) is 34.1 Å². The molecule has 144 valence electrons. The summed E-state index contributed by atoms with van der Waals surface area (Å²) in [5.74, 6) is -0.307. The lowest BCUT2D eigenvalue weighted by Gasteiger charge is -2.26. The first-order valence-electron chi connectivity index (χ1n) is 9.03. The average Bonchev–Trinajstić information content (AvgIpc) is 3.23. The fraction of sp³-hybridized carbons (Fsp3) is 0.238.